The third kappa shape index (κ3) is 18.6. The Bertz CT molecular complexity index is 220. The summed E-state index contributed by atoms with van der Waals surface area (Å²) in [6.45, 7) is 3.33. The molecule has 0 spiro atoms. The molecule has 3 N–H and O–H groups in total. The summed E-state index contributed by atoms with van der Waals surface area (Å²) in [5, 5.41) is 9.61. The number of unbranched alkanes of at least 4 members (excludes halogenated alkanes) is 13. The van der Waals surface area contributed by atoms with Crippen molar-refractivity contribution in [1.29, 1.82) is 0 Å². The second-order valence-electron chi connectivity index (χ2n) is 7.18. The molecule has 0 aliphatic heterocycles. The minimum absolute atomic E-state index is 0.302. The molecular weight excluding hydrogens is 314 g/mol. The van der Waals surface area contributed by atoms with Crippen molar-refractivity contribution in [1.82, 2.24) is 0 Å². The molecule has 0 aliphatic rings. The van der Waals surface area contributed by atoms with Gasteiger partial charge in [0.1, 0.15) is 0 Å². The largest absolute Gasteiger partial charge is 0.396 e. The zero-order valence-electron chi connectivity index (χ0n) is 16.4. The Morgan fingerprint density at radius 2 is 1.17 bits per heavy atom. The van der Waals surface area contributed by atoms with Crippen LogP contribution in [0.3, 0.4) is 0 Å². The summed E-state index contributed by atoms with van der Waals surface area (Å²) in [6, 6.07) is 0. The van der Waals surface area contributed by atoms with Crippen LogP contribution in [-0.2, 0) is 0 Å². The fraction of sp³-hybridized carbons (Fsp3) is 1.00. The maximum atomic E-state index is 9.03. The van der Waals surface area contributed by atoms with Crippen molar-refractivity contribution >= 4 is 11.8 Å². The van der Waals surface area contributed by atoms with Gasteiger partial charge in [-0.1, -0.05) is 90.4 Å². The fourth-order valence-electron chi connectivity index (χ4n) is 3.19. The quantitative estimate of drug-likeness (QED) is 0.251. The van der Waals surface area contributed by atoms with Crippen LogP contribution in [0.25, 0.3) is 0 Å². The lowest BCUT2D eigenvalue weighted by molar-refractivity contribution is 0.285. The Hall–Kier alpha value is 0.270. The highest BCUT2D eigenvalue weighted by Gasteiger charge is 2.06. The monoisotopic (exact) mass is 359 g/mol. The van der Waals surface area contributed by atoms with Gasteiger partial charge in [0.05, 0.1) is 0 Å². The minimum atomic E-state index is 0.302. The predicted molar refractivity (Wildman–Crippen MR) is 112 cm³/mol. The van der Waals surface area contributed by atoms with Crippen LogP contribution in [0.1, 0.15) is 110 Å². The lowest BCUT2D eigenvalue weighted by Gasteiger charge is -2.14. The third-order valence-corrected chi connectivity index (χ3v) is 6.26. The van der Waals surface area contributed by atoms with Crippen LogP contribution in [0.15, 0.2) is 0 Å². The summed E-state index contributed by atoms with van der Waals surface area (Å²) < 4.78 is 0. The van der Waals surface area contributed by atoms with E-state index in [4.69, 9.17) is 10.8 Å². The molecule has 0 heterocycles. The number of hydrogen-bond acceptors (Lipinski definition) is 3. The maximum Gasteiger partial charge on any atom is 0.0441 e. The van der Waals surface area contributed by atoms with Crippen molar-refractivity contribution in [2.24, 2.45) is 5.73 Å². The van der Waals surface area contributed by atoms with E-state index in [9.17, 15) is 0 Å². The first-order valence-corrected chi connectivity index (χ1v) is 11.8. The summed E-state index contributed by atoms with van der Waals surface area (Å²) in [4.78, 5) is 0. The van der Waals surface area contributed by atoms with Gasteiger partial charge in [0.2, 0.25) is 0 Å². The molecule has 0 aliphatic carbocycles. The lowest BCUT2D eigenvalue weighted by Crippen LogP contribution is -2.12. The molecule has 1 unspecified atom stereocenters. The second kappa shape index (κ2) is 21.3. The molecule has 0 amide bonds. The first-order chi connectivity index (χ1) is 11.8. The smallest absolute Gasteiger partial charge is 0.0441 e. The van der Waals surface area contributed by atoms with E-state index >= 15 is 0 Å². The molecule has 0 aromatic rings. The molecule has 146 valence electrons. The number of hydrogen-bond donors (Lipinski definition) is 2. The molecule has 0 fully saturated rings. The number of aliphatic hydroxyl groups excluding tert-OH is 1. The first-order valence-electron chi connectivity index (χ1n) is 10.8. The van der Waals surface area contributed by atoms with Gasteiger partial charge in [-0.15, -0.1) is 0 Å². The minimum Gasteiger partial charge on any atom is -0.396 e. The van der Waals surface area contributed by atoms with Crippen molar-refractivity contribution < 1.29 is 5.11 Å². The van der Waals surface area contributed by atoms with E-state index in [2.05, 4.69) is 6.92 Å². The molecule has 0 rings (SSSR count). The van der Waals surface area contributed by atoms with E-state index in [1.807, 2.05) is 11.8 Å². The van der Waals surface area contributed by atoms with Gasteiger partial charge in [0, 0.05) is 11.9 Å². The van der Waals surface area contributed by atoms with Crippen LogP contribution in [0, 0.1) is 0 Å². The normalized spacial score (nSPS) is 12.6. The first kappa shape index (κ1) is 24.3. The zero-order valence-corrected chi connectivity index (χ0v) is 17.3. The van der Waals surface area contributed by atoms with E-state index < -0.39 is 0 Å². The molecule has 0 radical (unpaired) electrons. The van der Waals surface area contributed by atoms with Crippen LogP contribution in [-0.4, -0.2) is 29.3 Å². The number of aliphatic hydroxyl groups is 1. The van der Waals surface area contributed by atoms with Gasteiger partial charge in [-0.05, 0) is 31.6 Å². The fourth-order valence-corrected chi connectivity index (χ4v) is 4.47. The molecule has 3 heteroatoms. The molecule has 0 aromatic heterocycles. The molecule has 2 nitrogen and oxygen atoms in total. The summed E-state index contributed by atoms with van der Waals surface area (Å²) in [5.74, 6) is 1.24. The Kier molecular flexibility index (Phi) is 21.6. The van der Waals surface area contributed by atoms with Crippen LogP contribution < -0.4 is 5.73 Å². The number of rotatable bonds is 20. The highest BCUT2D eigenvalue weighted by atomic mass is 32.2. The van der Waals surface area contributed by atoms with Gasteiger partial charge in [-0.2, -0.15) is 11.8 Å². The van der Waals surface area contributed by atoms with Gasteiger partial charge in [-0.25, -0.2) is 0 Å². The van der Waals surface area contributed by atoms with Crippen molar-refractivity contribution in [2.45, 2.75) is 115 Å². The second-order valence-corrected chi connectivity index (χ2v) is 8.59. The highest BCUT2D eigenvalue weighted by molar-refractivity contribution is 7.99. The molecule has 0 bridgehead atoms. The zero-order chi connectivity index (χ0) is 17.7. The third-order valence-electron chi connectivity index (χ3n) is 4.79. The van der Waals surface area contributed by atoms with Crippen LogP contribution in [0.2, 0.25) is 0 Å². The van der Waals surface area contributed by atoms with E-state index in [1.54, 1.807) is 0 Å². The Morgan fingerprint density at radius 3 is 1.58 bits per heavy atom. The SMILES string of the molecule is CCCCCCCCCCCCCCCCSC(CCN)CCO. The van der Waals surface area contributed by atoms with Crippen molar-refractivity contribution in [3.63, 3.8) is 0 Å². The van der Waals surface area contributed by atoms with Crippen LogP contribution in [0.4, 0.5) is 0 Å². The standard InChI is InChI=1S/C21H45NOS/c1-2-3-4-5-6-7-8-9-10-11-12-13-14-15-20-24-21(16-18-22)17-19-23/h21,23H,2-20,22H2,1H3. The highest BCUT2D eigenvalue weighted by Crippen LogP contribution is 2.20. The summed E-state index contributed by atoms with van der Waals surface area (Å²) in [5.41, 5.74) is 5.62. The van der Waals surface area contributed by atoms with Crippen LogP contribution >= 0.6 is 11.8 Å². The molecule has 1 atom stereocenters. The van der Waals surface area contributed by atoms with E-state index in [1.165, 1.54) is 95.6 Å². The molecule has 24 heavy (non-hydrogen) atoms. The van der Waals surface area contributed by atoms with Gasteiger partial charge in [0.25, 0.3) is 0 Å². The maximum absolute atomic E-state index is 9.03. The van der Waals surface area contributed by atoms with Gasteiger partial charge in [0.15, 0.2) is 0 Å². The number of nitrogens with two attached hydrogens (primary N) is 1. The average Bonchev–Trinajstić information content (AvgIpc) is 2.58. The molecular formula is C21H45NOS. The average molecular weight is 360 g/mol. The van der Waals surface area contributed by atoms with E-state index in [-0.39, 0.29) is 0 Å². The van der Waals surface area contributed by atoms with Crippen molar-refractivity contribution in [3.8, 4) is 0 Å². The van der Waals surface area contributed by atoms with Crippen molar-refractivity contribution in [3.05, 3.63) is 0 Å². The Balaban J connectivity index is 3.14. The topological polar surface area (TPSA) is 46.2 Å². The molecule has 0 aromatic carbocycles. The van der Waals surface area contributed by atoms with Crippen molar-refractivity contribution in [2.75, 3.05) is 18.9 Å². The summed E-state index contributed by atoms with van der Waals surface area (Å²) in [7, 11) is 0. The van der Waals surface area contributed by atoms with Gasteiger partial charge >= 0.3 is 0 Å². The van der Waals surface area contributed by atoms with E-state index in [0.29, 0.717) is 11.9 Å². The van der Waals surface area contributed by atoms with Crippen LogP contribution in [0.5, 0.6) is 0 Å². The van der Waals surface area contributed by atoms with Gasteiger partial charge in [-0.3, -0.25) is 0 Å². The predicted octanol–water partition coefficient (Wildman–Crippen LogP) is 6.30. The molecule has 0 saturated heterocycles. The number of thioether (sulfide) groups is 1. The van der Waals surface area contributed by atoms with Gasteiger partial charge < -0.3 is 10.8 Å². The molecule has 0 saturated carbocycles. The summed E-state index contributed by atoms with van der Waals surface area (Å²) >= 11 is 2.01. The lowest BCUT2D eigenvalue weighted by atomic mass is 10.0. The Morgan fingerprint density at radius 1 is 0.708 bits per heavy atom. The summed E-state index contributed by atoms with van der Waals surface area (Å²) in [6.07, 6.45) is 21.9. The van der Waals surface area contributed by atoms with E-state index in [0.717, 1.165) is 19.4 Å². The Labute approximate surface area is 156 Å².